The zero-order chi connectivity index (χ0) is 24.6. The van der Waals surface area contributed by atoms with Crippen LogP contribution >= 0.6 is 0 Å². The Balaban J connectivity index is 1.46. The molecule has 0 radical (unpaired) electrons. The third kappa shape index (κ3) is 7.34. The highest BCUT2D eigenvalue weighted by Gasteiger charge is 2.14. The highest BCUT2D eigenvalue weighted by molar-refractivity contribution is 7.89. The van der Waals surface area contributed by atoms with E-state index in [-0.39, 0.29) is 23.1 Å². The number of nitrogens with one attached hydrogen (secondary N) is 2. The number of carbonyl (C=O) groups excluding carboxylic acids is 2. The van der Waals surface area contributed by atoms with E-state index in [1.807, 2.05) is 25.2 Å². The third-order valence-electron chi connectivity index (χ3n) is 5.33. The Morgan fingerprint density at radius 1 is 0.824 bits per heavy atom. The number of amides is 1. The largest absolute Gasteiger partial charge is 0.351 e. The molecule has 3 aromatic rings. The lowest BCUT2D eigenvalue weighted by Crippen LogP contribution is -2.32. The Kier molecular flexibility index (Phi) is 8.70. The van der Waals surface area contributed by atoms with Gasteiger partial charge in [-0.1, -0.05) is 54.6 Å². The minimum Gasteiger partial charge on any atom is -0.351 e. The van der Waals surface area contributed by atoms with E-state index in [0.717, 1.165) is 12.1 Å². The van der Waals surface area contributed by atoms with Gasteiger partial charge in [-0.05, 0) is 49.4 Å². The van der Waals surface area contributed by atoms with Crippen molar-refractivity contribution in [3.05, 3.63) is 101 Å². The van der Waals surface area contributed by atoms with Crippen LogP contribution in [0.4, 0.5) is 0 Å². The van der Waals surface area contributed by atoms with Gasteiger partial charge in [0.1, 0.15) is 0 Å². The monoisotopic (exact) mass is 479 g/mol. The molecule has 8 heteroatoms. The van der Waals surface area contributed by atoms with Crippen molar-refractivity contribution in [2.24, 2.45) is 0 Å². The van der Waals surface area contributed by atoms with Gasteiger partial charge in [0.05, 0.1) is 4.90 Å². The zero-order valence-electron chi connectivity index (χ0n) is 19.3. The molecule has 0 aliphatic heterocycles. The molecule has 0 spiro atoms. The normalized spacial score (nSPS) is 11.4. The molecule has 3 rings (SSSR count). The first-order valence-electron chi connectivity index (χ1n) is 10.9. The van der Waals surface area contributed by atoms with Gasteiger partial charge in [0.25, 0.3) is 5.91 Å². The summed E-state index contributed by atoms with van der Waals surface area (Å²) in [4.78, 5) is 26.0. The molecule has 34 heavy (non-hydrogen) atoms. The van der Waals surface area contributed by atoms with Gasteiger partial charge in [-0.15, -0.1) is 0 Å². The van der Waals surface area contributed by atoms with E-state index in [1.54, 1.807) is 24.3 Å². The Morgan fingerprint density at radius 2 is 1.44 bits per heavy atom. The Labute approximate surface area is 200 Å². The molecule has 0 aliphatic rings. The van der Waals surface area contributed by atoms with Crippen molar-refractivity contribution < 1.29 is 18.0 Å². The zero-order valence-corrected chi connectivity index (χ0v) is 20.1. The number of carbonyl (C=O) groups is 2. The van der Waals surface area contributed by atoms with Crippen LogP contribution in [0.5, 0.6) is 0 Å². The maximum atomic E-state index is 12.5. The van der Waals surface area contributed by atoms with Crippen LogP contribution in [0.1, 0.15) is 38.8 Å². The van der Waals surface area contributed by atoms with Gasteiger partial charge in [0.15, 0.2) is 5.78 Å². The molecule has 0 aliphatic carbocycles. The molecule has 178 valence electrons. The van der Waals surface area contributed by atoms with Crippen LogP contribution in [0.3, 0.4) is 0 Å². The number of rotatable bonds is 11. The predicted molar refractivity (Wildman–Crippen MR) is 132 cm³/mol. The third-order valence-corrected chi connectivity index (χ3v) is 6.75. The smallest absolute Gasteiger partial charge is 0.251 e. The first-order valence-corrected chi connectivity index (χ1v) is 12.4. The van der Waals surface area contributed by atoms with Crippen molar-refractivity contribution in [1.29, 1.82) is 0 Å². The summed E-state index contributed by atoms with van der Waals surface area (Å²) in [6.45, 7) is 3.56. The van der Waals surface area contributed by atoms with E-state index in [2.05, 4.69) is 27.1 Å². The molecule has 0 fully saturated rings. The summed E-state index contributed by atoms with van der Waals surface area (Å²) >= 11 is 0. The summed E-state index contributed by atoms with van der Waals surface area (Å²) in [5.41, 5.74) is 2.91. The van der Waals surface area contributed by atoms with Crippen molar-refractivity contribution >= 4 is 21.7 Å². The van der Waals surface area contributed by atoms with Gasteiger partial charge >= 0.3 is 0 Å². The summed E-state index contributed by atoms with van der Waals surface area (Å²) < 4.78 is 27.5. The highest BCUT2D eigenvalue weighted by atomic mass is 32.2. The number of hydrogen-bond donors (Lipinski definition) is 2. The van der Waals surface area contributed by atoms with Gasteiger partial charge in [-0.2, -0.15) is 0 Å². The number of Topliss-reactive ketones (excluding diaryl/α,β-unsaturated/α-hetero) is 1. The van der Waals surface area contributed by atoms with E-state index in [9.17, 15) is 18.0 Å². The molecule has 2 N–H and O–H groups in total. The second-order valence-electron chi connectivity index (χ2n) is 8.08. The van der Waals surface area contributed by atoms with E-state index >= 15 is 0 Å². The van der Waals surface area contributed by atoms with Crippen LogP contribution in [0.2, 0.25) is 0 Å². The fraction of sp³-hybridized carbons (Fsp3) is 0.231. The van der Waals surface area contributed by atoms with E-state index in [1.165, 1.54) is 36.8 Å². The van der Waals surface area contributed by atoms with Crippen molar-refractivity contribution in [2.75, 3.05) is 20.1 Å². The lowest BCUT2D eigenvalue weighted by Gasteiger charge is -2.17. The highest BCUT2D eigenvalue weighted by Crippen LogP contribution is 2.12. The molecule has 0 aromatic heterocycles. The molecular weight excluding hydrogens is 450 g/mol. The van der Waals surface area contributed by atoms with Gasteiger partial charge < -0.3 is 10.2 Å². The molecule has 1 amide bonds. The number of ketones is 1. The fourth-order valence-corrected chi connectivity index (χ4v) is 4.36. The van der Waals surface area contributed by atoms with E-state index < -0.39 is 10.0 Å². The second-order valence-corrected chi connectivity index (χ2v) is 9.85. The van der Waals surface area contributed by atoms with Crippen LogP contribution in [0.15, 0.2) is 83.8 Å². The molecule has 7 nitrogen and oxygen atoms in total. The van der Waals surface area contributed by atoms with Gasteiger partial charge in [-0.25, -0.2) is 13.1 Å². The quantitative estimate of drug-likeness (QED) is 0.412. The summed E-state index contributed by atoms with van der Waals surface area (Å²) in [5.74, 6) is -0.300. The summed E-state index contributed by atoms with van der Waals surface area (Å²) in [6, 6.07) is 22.7. The summed E-state index contributed by atoms with van der Waals surface area (Å²) in [6.07, 6.45) is 0. The van der Waals surface area contributed by atoms with Crippen LogP contribution in [-0.2, 0) is 23.1 Å². The van der Waals surface area contributed by atoms with Crippen LogP contribution < -0.4 is 10.0 Å². The van der Waals surface area contributed by atoms with Crippen LogP contribution in [0.25, 0.3) is 0 Å². The number of nitrogens with zero attached hydrogens (tertiary/aromatic N) is 1. The van der Waals surface area contributed by atoms with Crippen molar-refractivity contribution in [3.8, 4) is 0 Å². The van der Waals surface area contributed by atoms with E-state index in [4.69, 9.17) is 0 Å². The Hall–Kier alpha value is -3.33. The van der Waals surface area contributed by atoms with Crippen LogP contribution in [0, 0.1) is 0 Å². The number of likely N-dealkylation sites (N-methyl/N-ethyl adjacent to an activating group) is 1. The lowest BCUT2D eigenvalue weighted by atomic mass is 10.1. The minimum absolute atomic E-state index is 0.0863. The fourth-order valence-electron chi connectivity index (χ4n) is 3.34. The molecule has 3 aromatic carbocycles. The summed E-state index contributed by atoms with van der Waals surface area (Å²) in [5, 5.41) is 2.91. The molecule has 0 saturated carbocycles. The van der Waals surface area contributed by atoms with E-state index in [0.29, 0.717) is 24.2 Å². The Bertz CT molecular complexity index is 1210. The topological polar surface area (TPSA) is 95.6 Å². The first-order chi connectivity index (χ1) is 16.2. The number of sulfonamides is 1. The Morgan fingerprint density at radius 3 is 2.06 bits per heavy atom. The molecule has 0 atom stereocenters. The van der Waals surface area contributed by atoms with Gasteiger partial charge in [0.2, 0.25) is 10.0 Å². The predicted octanol–water partition coefficient (Wildman–Crippen LogP) is 3.23. The standard InChI is InChI=1S/C26H29N3O4S/c1-20(30)23-12-14-25(15-13-23)34(32,33)28-18-21-8-10-24(11-9-21)26(31)27-16-17-29(2)19-22-6-4-3-5-7-22/h3-15,28H,16-19H2,1-2H3,(H,27,31). The molecular formula is C26H29N3O4S. The lowest BCUT2D eigenvalue weighted by molar-refractivity contribution is 0.0948. The maximum absolute atomic E-state index is 12.5. The first kappa shape index (κ1) is 25.3. The maximum Gasteiger partial charge on any atom is 0.251 e. The van der Waals surface area contributed by atoms with Crippen molar-refractivity contribution in [3.63, 3.8) is 0 Å². The molecule has 0 unspecified atom stereocenters. The SMILES string of the molecule is CC(=O)c1ccc(S(=O)(=O)NCc2ccc(C(=O)NCCN(C)Cc3ccccc3)cc2)cc1. The average molecular weight is 480 g/mol. The van der Waals surface area contributed by atoms with Crippen molar-refractivity contribution in [1.82, 2.24) is 14.9 Å². The van der Waals surface area contributed by atoms with Gasteiger partial charge in [-0.3, -0.25) is 9.59 Å². The summed E-state index contributed by atoms with van der Waals surface area (Å²) in [7, 11) is -1.71. The molecule has 0 bridgehead atoms. The van der Waals surface area contributed by atoms with Crippen LogP contribution in [-0.4, -0.2) is 45.1 Å². The van der Waals surface area contributed by atoms with Gasteiger partial charge in [0, 0.05) is 37.3 Å². The average Bonchev–Trinajstić information content (AvgIpc) is 2.83. The number of benzene rings is 3. The number of hydrogen-bond acceptors (Lipinski definition) is 5. The molecule has 0 heterocycles. The van der Waals surface area contributed by atoms with Crippen molar-refractivity contribution in [2.45, 2.75) is 24.9 Å². The molecule has 0 saturated heterocycles. The minimum atomic E-state index is -3.72. The second kappa shape index (κ2) is 11.7.